The third-order valence-electron chi connectivity index (χ3n) is 3.16. The lowest BCUT2D eigenvalue weighted by molar-refractivity contribution is 0.476. The van der Waals surface area contributed by atoms with Crippen LogP contribution in [0.1, 0.15) is 25.0 Å². The summed E-state index contributed by atoms with van der Waals surface area (Å²) in [5.74, 6) is 0.380. The molecule has 2 rings (SSSR count). The van der Waals surface area contributed by atoms with Crippen molar-refractivity contribution in [3.05, 3.63) is 53.6 Å². The Morgan fingerprint density at radius 3 is 2.29 bits per heavy atom. The Labute approximate surface area is 103 Å². The number of aryl methyl sites for hydroxylation is 2. The molecule has 0 atom stereocenters. The summed E-state index contributed by atoms with van der Waals surface area (Å²) in [5.41, 5.74) is 4.50. The van der Waals surface area contributed by atoms with Crippen LogP contribution in [-0.2, 0) is 12.8 Å². The van der Waals surface area contributed by atoms with Gasteiger partial charge in [-0.2, -0.15) is 0 Å². The second-order valence-corrected chi connectivity index (χ2v) is 4.22. The Hall–Kier alpha value is -1.76. The molecule has 1 nitrogen and oxygen atoms in total. The minimum Gasteiger partial charge on any atom is -0.507 e. The first-order chi connectivity index (χ1) is 8.26. The van der Waals surface area contributed by atoms with Crippen LogP contribution in [0.5, 0.6) is 5.75 Å². The molecular formula is C16H18O. The van der Waals surface area contributed by atoms with Gasteiger partial charge >= 0.3 is 0 Å². The molecule has 2 aromatic carbocycles. The van der Waals surface area contributed by atoms with E-state index >= 15 is 0 Å². The summed E-state index contributed by atoms with van der Waals surface area (Å²) in [6, 6.07) is 14.2. The van der Waals surface area contributed by atoms with Gasteiger partial charge in [-0.1, -0.05) is 50.2 Å². The monoisotopic (exact) mass is 226 g/mol. The summed E-state index contributed by atoms with van der Waals surface area (Å²) in [5, 5.41) is 10.1. The Kier molecular flexibility index (Phi) is 3.48. The summed E-state index contributed by atoms with van der Waals surface area (Å²) >= 11 is 0. The van der Waals surface area contributed by atoms with Gasteiger partial charge in [0, 0.05) is 5.56 Å². The highest BCUT2D eigenvalue weighted by Crippen LogP contribution is 2.32. The fourth-order valence-electron chi connectivity index (χ4n) is 2.12. The van der Waals surface area contributed by atoms with Crippen LogP contribution in [0.3, 0.4) is 0 Å². The quantitative estimate of drug-likeness (QED) is 0.832. The molecule has 17 heavy (non-hydrogen) atoms. The standard InChI is InChI=1S/C16H18O/c1-3-12-9-10-15(16(17)11-12)14-8-6-5-7-13(14)4-2/h5-11,17H,3-4H2,1-2H3. The van der Waals surface area contributed by atoms with Crippen LogP contribution in [-0.4, -0.2) is 5.11 Å². The molecule has 0 heterocycles. The van der Waals surface area contributed by atoms with Gasteiger partial charge in [0.15, 0.2) is 0 Å². The molecule has 0 aliphatic carbocycles. The first-order valence-corrected chi connectivity index (χ1v) is 6.16. The number of phenols is 1. The summed E-state index contributed by atoms with van der Waals surface area (Å²) < 4.78 is 0. The maximum Gasteiger partial charge on any atom is 0.123 e. The van der Waals surface area contributed by atoms with Crippen molar-refractivity contribution in [1.29, 1.82) is 0 Å². The van der Waals surface area contributed by atoms with Gasteiger partial charge in [0.25, 0.3) is 0 Å². The number of phenolic OH excluding ortho intramolecular Hbond substituents is 1. The summed E-state index contributed by atoms with van der Waals surface area (Å²) in [6.45, 7) is 4.23. The fraction of sp³-hybridized carbons (Fsp3) is 0.250. The third-order valence-corrected chi connectivity index (χ3v) is 3.16. The van der Waals surface area contributed by atoms with Crippen molar-refractivity contribution in [2.45, 2.75) is 26.7 Å². The van der Waals surface area contributed by atoms with Crippen LogP contribution >= 0.6 is 0 Å². The second kappa shape index (κ2) is 5.05. The molecule has 2 aromatic rings. The minimum atomic E-state index is 0.380. The number of hydrogen-bond acceptors (Lipinski definition) is 1. The molecule has 0 radical (unpaired) electrons. The zero-order valence-electron chi connectivity index (χ0n) is 10.4. The zero-order chi connectivity index (χ0) is 12.3. The molecule has 0 amide bonds. The highest BCUT2D eigenvalue weighted by Gasteiger charge is 2.08. The molecule has 0 spiro atoms. The van der Waals surface area contributed by atoms with Gasteiger partial charge in [-0.3, -0.25) is 0 Å². The van der Waals surface area contributed by atoms with Gasteiger partial charge < -0.3 is 5.11 Å². The van der Waals surface area contributed by atoms with Crippen LogP contribution < -0.4 is 0 Å². The molecule has 0 saturated heterocycles. The van der Waals surface area contributed by atoms with Crippen LogP contribution in [0.2, 0.25) is 0 Å². The lowest BCUT2D eigenvalue weighted by atomic mass is 9.96. The second-order valence-electron chi connectivity index (χ2n) is 4.22. The molecule has 0 unspecified atom stereocenters. The molecule has 0 aliphatic heterocycles. The van der Waals surface area contributed by atoms with Crippen LogP contribution in [0.15, 0.2) is 42.5 Å². The number of aromatic hydroxyl groups is 1. The highest BCUT2D eigenvalue weighted by atomic mass is 16.3. The Morgan fingerprint density at radius 1 is 0.882 bits per heavy atom. The summed E-state index contributed by atoms with van der Waals surface area (Å²) in [6.07, 6.45) is 1.93. The van der Waals surface area contributed by atoms with E-state index in [1.165, 1.54) is 11.1 Å². The first-order valence-electron chi connectivity index (χ1n) is 6.16. The normalized spacial score (nSPS) is 10.5. The highest BCUT2D eigenvalue weighted by molar-refractivity contribution is 5.73. The van der Waals surface area contributed by atoms with Gasteiger partial charge in [-0.25, -0.2) is 0 Å². The van der Waals surface area contributed by atoms with Gasteiger partial charge in [0.2, 0.25) is 0 Å². The van der Waals surface area contributed by atoms with Crippen molar-refractivity contribution < 1.29 is 5.11 Å². The average Bonchev–Trinajstić information content (AvgIpc) is 2.38. The van der Waals surface area contributed by atoms with Gasteiger partial charge in [0.05, 0.1) is 0 Å². The van der Waals surface area contributed by atoms with E-state index in [1.807, 2.05) is 24.3 Å². The van der Waals surface area contributed by atoms with E-state index in [2.05, 4.69) is 32.0 Å². The summed E-state index contributed by atoms with van der Waals surface area (Å²) in [4.78, 5) is 0. The van der Waals surface area contributed by atoms with Crippen LogP contribution in [0.4, 0.5) is 0 Å². The number of benzene rings is 2. The first kappa shape index (κ1) is 11.7. The predicted molar refractivity (Wildman–Crippen MR) is 72.3 cm³/mol. The van der Waals surface area contributed by atoms with Crippen molar-refractivity contribution in [2.75, 3.05) is 0 Å². The van der Waals surface area contributed by atoms with Gasteiger partial charge in [0.1, 0.15) is 5.75 Å². The van der Waals surface area contributed by atoms with E-state index in [1.54, 1.807) is 0 Å². The lowest BCUT2D eigenvalue weighted by Crippen LogP contribution is -1.89. The Morgan fingerprint density at radius 2 is 1.65 bits per heavy atom. The van der Waals surface area contributed by atoms with E-state index in [4.69, 9.17) is 0 Å². The maximum atomic E-state index is 10.1. The van der Waals surface area contributed by atoms with E-state index in [0.717, 1.165) is 24.0 Å². The lowest BCUT2D eigenvalue weighted by Gasteiger charge is -2.10. The number of rotatable bonds is 3. The average molecular weight is 226 g/mol. The summed E-state index contributed by atoms with van der Waals surface area (Å²) in [7, 11) is 0. The largest absolute Gasteiger partial charge is 0.507 e. The van der Waals surface area contributed by atoms with Crippen LogP contribution in [0, 0.1) is 0 Å². The van der Waals surface area contributed by atoms with E-state index in [-0.39, 0.29) is 0 Å². The molecule has 0 bridgehead atoms. The van der Waals surface area contributed by atoms with Crippen molar-refractivity contribution in [1.82, 2.24) is 0 Å². The SMILES string of the molecule is CCc1ccc(-c2ccccc2CC)c(O)c1. The molecule has 0 fully saturated rings. The zero-order valence-corrected chi connectivity index (χ0v) is 10.4. The fourth-order valence-corrected chi connectivity index (χ4v) is 2.12. The molecular weight excluding hydrogens is 208 g/mol. The molecule has 0 saturated carbocycles. The van der Waals surface area contributed by atoms with Crippen LogP contribution in [0.25, 0.3) is 11.1 Å². The van der Waals surface area contributed by atoms with Crippen molar-refractivity contribution >= 4 is 0 Å². The molecule has 0 aliphatic rings. The van der Waals surface area contributed by atoms with E-state index in [9.17, 15) is 5.11 Å². The Bertz CT molecular complexity index is 515. The third kappa shape index (κ3) is 2.33. The molecule has 1 heteroatoms. The smallest absolute Gasteiger partial charge is 0.123 e. The molecule has 88 valence electrons. The van der Waals surface area contributed by atoms with Gasteiger partial charge in [-0.05, 0) is 35.6 Å². The van der Waals surface area contributed by atoms with Crippen molar-refractivity contribution in [2.24, 2.45) is 0 Å². The van der Waals surface area contributed by atoms with E-state index < -0.39 is 0 Å². The molecule has 1 N–H and O–H groups in total. The topological polar surface area (TPSA) is 20.2 Å². The van der Waals surface area contributed by atoms with Gasteiger partial charge in [-0.15, -0.1) is 0 Å². The predicted octanol–water partition coefficient (Wildman–Crippen LogP) is 4.18. The molecule has 0 aromatic heterocycles. The maximum absolute atomic E-state index is 10.1. The van der Waals surface area contributed by atoms with Crippen molar-refractivity contribution in [3.63, 3.8) is 0 Å². The minimum absolute atomic E-state index is 0.380. The Balaban J connectivity index is 2.53. The van der Waals surface area contributed by atoms with E-state index in [0.29, 0.717) is 5.75 Å². The number of hydrogen-bond donors (Lipinski definition) is 1. The van der Waals surface area contributed by atoms with Crippen molar-refractivity contribution in [3.8, 4) is 16.9 Å².